The van der Waals surface area contributed by atoms with Crippen LogP contribution in [0.3, 0.4) is 0 Å². The molecule has 1 fully saturated rings. The summed E-state index contributed by atoms with van der Waals surface area (Å²) < 4.78 is 72.2. The van der Waals surface area contributed by atoms with E-state index >= 15 is 0 Å². The number of likely N-dealkylation sites (tertiary alicyclic amines) is 1. The molecule has 188 valence electrons. The van der Waals surface area contributed by atoms with Crippen molar-refractivity contribution >= 4 is 21.8 Å². The predicted octanol–water partition coefficient (Wildman–Crippen LogP) is 0.855. The number of carbonyl (C=O) groups is 1. The summed E-state index contributed by atoms with van der Waals surface area (Å²) in [6.45, 7) is 4.39. The Morgan fingerprint density at radius 2 is 1.94 bits per heavy atom. The van der Waals surface area contributed by atoms with E-state index in [1.54, 1.807) is 20.9 Å². The predicted molar refractivity (Wildman–Crippen MR) is 123 cm³/mol. The number of rotatable bonds is 8. The zero-order chi connectivity index (χ0) is 25.3. The van der Waals surface area contributed by atoms with Crippen LogP contribution in [0.1, 0.15) is 49.3 Å². The average molecular weight is 524 g/mol. The molecule has 35 heavy (non-hydrogen) atoms. The quantitative estimate of drug-likeness (QED) is 0.479. The van der Waals surface area contributed by atoms with Crippen molar-refractivity contribution in [3.8, 4) is 0 Å². The van der Waals surface area contributed by atoms with E-state index in [0.717, 1.165) is 35.8 Å². The van der Waals surface area contributed by atoms with Crippen molar-refractivity contribution in [2.24, 2.45) is 7.05 Å². The number of likely N-dealkylation sites (N-methyl/N-ethyl adjacent to an activating group) is 1. The van der Waals surface area contributed by atoms with Gasteiger partial charge >= 0.3 is 35.7 Å². The molecule has 1 amide bonds. The fraction of sp³-hybridized carbons (Fsp3) is 0.545. The molecule has 0 saturated carbocycles. The largest absolute Gasteiger partial charge is 1.00 e. The molecule has 1 aromatic heterocycles. The first-order valence-electron chi connectivity index (χ1n) is 10.9. The fourth-order valence-corrected chi connectivity index (χ4v) is 5.12. The number of alkyl halides is 3. The minimum Gasteiger partial charge on any atom is -0.528 e. The molecule has 1 aliphatic heterocycles. The summed E-state index contributed by atoms with van der Waals surface area (Å²) in [5.41, 5.74) is -0.154. The van der Waals surface area contributed by atoms with Gasteiger partial charge in [0.2, 0.25) is 0 Å². The molecular weight excluding hydrogens is 494 g/mol. The van der Waals surface area contributed by atoms with Crippen molar-refractivity contribution < 1.29 is 55.9 Å². The van der Waals surface area contributed by atoms with Crippen molar-refractivity contribution in [3.63, 3.8) is 0 Å². The van der Waals surface area contributed by atoms with Gasteiger partial charge < -0.3 is 14.4 Å². The van der Waals surface area contributed by atoms with Crippen molar-refractivity contribution in [1.29, 1.82) is 0 Å². The molecule has 2 heterocycles. The Balaban J connectivity index is 0.00000432. The number of aromatic nitrogens is 2. The maximum atomic E-state index is 13.3. The molecule has 0 bridgehead atoms. The molecule has 1 aliphatic rings. The Morgan fingerprint density at radius 3 is 2.46 bits per heavy atom. The Bertz CT molecular complexity index is 1140. The smallest absolute Gasteiger partial charge is 0.528 e. The van der Waals surface area contributed by atoms with Gasteiger partial charge in [-0.05, 0) is 55.6 Å². The van der Waals surface area contributed by atoms with Crippen LogP contribution < -0.4 is 33.9 Å². The number of hydrogen-bond acceptors (Lipinski definition) is 5. The third-order valence-corrected chi connectivity index (χ3v) is 7.24. The van der Waals surface area contributed by atoms with Crippen LogP contribution in [-0.4, -0.2) is 55.2 Å². The molecule has 0 N–H and O–H groups in total. The minimum atomic E-state index is -4.59. The van der Waals surface area contributed by atoms with E-state index < -0.39 is 34.3 Å². The number of carbonyl (C=O) groups excluding carboxylic acids is 1. The monoisotopic (exact) mass is 523 g/mol. The normalized spacial score (nSPS) is 16.9. The third kappa shape index (κ3) is 7.69. The van der Waals surface area contributed by atoms with Gasteiger partial charge in [0.1, 0.15) is 0 Å². The van der Waals surface area contributed by atoms with Gasteiger partial charge in [-0.1, -0.05) is 19.9 Å². The van der Waals surface area contributed by atoms with E-state index in [0.29, 0.717) is 5.56 Å². The summed E-state index contributed by atoms with van der Waals surface area (Å²) in [5, 5.41) is 4.01. The van der Waals surface area contributed by atoms with Crippen LogP contribution in [0.2, 0.25) is 0 Å². The number of halogens is 3. The number of anilines is 1. The number of amides is 1. The molecule has 1 atom stereocenters. The van der Waals surface area contributed by atoms with Gasteiger partial charge in [0.25, 0.3) is 0 Å². The first-order chi connectivity index (χ1) is 15.8. The summed E-state index contributed by atoms with van der Waals surface area (Å²) in [6, 6.07) is 3.32. The van der Waals surface area contributed by atoms with Gasteiger partial charge in [0, 0.05) is 32.3 Å². The summed E-state index contributed by atoms with van der Waals surface area (Å²) >= 11 is 0. The number of nitrogens with zero attached hydrogens (tertiary/aromatic N) is 5. The molecule has 1 saturated heterocycles. The summed E-state index contributed by atoms with van der Waals surface area (Å²) in [5.74, 6) is -1.25. The van der Waals surface area contributed by atoms with E-state index in [9.17, 15) is 26.4 Å². The molecule has 3 rings (SSSR count). The topological polar surface area (TPSA) is 89.6 Å². The summed E-state index contributed by atoms with van der Waals surface area (Å²) in [4.78, 5) is 14.7. The van der Waals surface area contributed by atoms with Gasteiger partial charge in [-0.2, -0.15) is 18.3 Å². The van der Waals surface area contributed by atoms with E-state index in [-0.39, 0.29) is 59.3 Å². The van der Waals surface area contributed by atoms with E-state index in [1.165, 1.54) is 23.1 Å². The van der Waals surface area contributed by atoms with Gasteiger partial charge in [0.05, 0.1) is 23.4 Å². The van der Waals surface area contributed by atoms with Crippen molar-refractivity contribution in [3.05, 3.63) is 52.0 Å². The number of aryl methyl sites for hydroxylation is 1. The average Bonchev–Trinajstić information content (AvgIpc) is 3.32. The Kier molecular flexibility index (Phi) is 9.85. The first-order valence-corrected chi connectivity index (χ1v) is 12.3. The molecule has 0 aliphatic carbocycles. The fourth-order valence-electron chi connectivity index (χ4n) is 3.97. The maximum Gasteiger partial charge on any atom is 1.00 e. The second-order valence-corrected chi connectivity index (χ2v) is 10.5. The van der Waals surface area contributed by atoms with E-state index in [2.05, 4.69) is 9.82 Å². The van der Waals surface area contributed by atoms with E-state index in [1.807, 2.05) is 11.9 Å². The Labute approximate surface area is 226 Å². The first kappa shape index (κ1) is 29.6. The molecular formula is C22H29F3N5NaO3S. The third-order valence-electron chi connectivity index (χ3n) is 5.89. The zero-order valence-electron chi connectivity index (χ0n) is 20.6. The minimum absolute atomic E-state index is 0. The molecule has 0 spiro atoms. The van der Waals surface area contributed by atoms with Crippen molar-refractivity contribution in [2.75, 3.05) is 24.4 Å². The summed E-state index contributed by atoms with van der Waals surface area (Å²) in [7, 11) is -0.917. The SMILES string of the molecule is CC(C)c1cc(CC(=O)[N-]S(=O)(=O)N(C[C@@H]2CCCN2C)c2cnn(C)c2)cc(C(F)(F)F)c1.[Na+]. The van der Waals surface area contributed by atoms with Gasteiger partial charge in [-0.25, -0.2) is 8.42 Å². The Morgan fingerprint density at radius 1 is 1.26 bits per heavy atom. The molecule has 13 heteroatoms. The maximum absolute atomic E-state index is 13.3. The second kappa shape index (κ2) is 11.6. The van der Waals surface area contributed by atoms with Crippen LogP contribution in [0.4, 0.5) is 18.9 Å². The van der Waals surface area contributed by atoms with Crippen LogP contribution in [0, 0.1) is 0 Å². The molecule has 0 unspecified atom stereocenters. The van der Waals surface area contributed by atoms with Gasteiger partial charge in [-0.3, -0.25) is 8.99 Å². The van der Waals surface area contributed by atoms with Gasteiger partial charge in [0.15, 0.2) is 10.2 Å². The molecule has 0 radical (unpaired) electrons. The van der Waals surface area contributed by atoms with Crippen molar-refractivity contribution in [1.82, 2.24) is 14.7 Å². The van der Waals surface area contributed by atoms with Crippen LogP contribution in [0.15, 0.2) is 30.6 Å². The summed E-state index contributed by atoms with van der Waals surface area (Å²) in [6.07, 6.45) is -0.559. The standard InChI is InChI=1S/C22H30F3N5O3S.Na/c1-15(2)17-8-16(9-18(11-17)22(23,24)25)10-21(31)27-34(32,33)30(20-12-26-29(4)13-20)14-19-6-5-7-28(19)3;/h8-9,11-13,15,19H,5-7,10,14H2,1-4H3,(H,27,31);/q;+1/p-1/t19-;/m0./s1. The molecule has 8 nitrogen and oxygen atoms in total. The molecule has 1 aromatic carbocycles. The zero-order valence-corrected chi connectivity index (χ0v) is 23.4. The second-order valence-electron chi connectivity index (χ2n) is 8.94. The van der Waals surface area contributed by atoms with Crippen molar-refractivity contribution in [2.45, 2.75) is 51.2 Å². The number of benzene rings is 1. The Hall–Kier alpha value is -1.60. The van der Waals surface area contributed by atoms with Crippen LogP contribution >= 0.6 is 0 Å². The van der Waals surface area contributed by atoms with Crippen LogP contribution in [-0.2, 0) is 34.6 Å². The van der Waals surface area contributed by atoms with Gasteiger partial charge in [-0.15, -0.1) is 0 Å². The van der Waals surface area contributed by atoms with E-state index in [4.69, 9.17) is 0 Å². The number of hydrogen-bond donors (Lipinski definition) is 0. The van der Waals surface area contributed by atoms with Crippen LogP contribution in [0.25, 0.3) is 4.72 Å². The molecule has 2 aromatic rings. The van der Waals surface area contributed by atoms with Crippen LogP contribution in [0.5, 0.6) is 0 Å².